The van der Waals surface area contributed by atoms with Gasteiger partial charge >= 0.3 is 5.97 Å². The second kappa shape index (κ2) is 8.51. The van der Waals surface area contributed by atoms with Crippen LogP contribution in [0.1, 0.15) is 52.4 Å². The number of hydrogen-bond donors (Lipinski definition) is 0. The molecule has 5 nitrogen and oxygen atoms in total. The summed E-state index contributed by atoms with van der Waals surface area (Å²) in [6, 6.07) is -0.805. The van der Waals surface area contributed by atoms with Gasteiger partial charge in [-0.15, -0.1) is 0 Å². The molecule has 0 saturated carbocycles. The van der Waals surface area contributed by atoms with E-state index in [1.54, 1.807) is 6.92 Å². The van der Waals surface area contributed by atoms with E-state index in [1.807, 2.05) is 0 Å². The molecule has 1 aliphatic rings. The number of hydrogen-bond acceptors (Lipinski definition) is 4. The van der Waals surface area contributed by atoms with Gasteiger partial charge in [0.05, 0.1) is 6.61 Å². The largest absolute Gasteiger partial charge is 0.464 e. The van der Waals surface area contributed by atoms with E-state index in [1.165, 1.54) is 25.0 Å². The van der Waals surface area contributed by atoms with Crippen LogP contribution < -0.4 is 0 Å². The minimum atomic E-state index is -0.805. The third-order valence-corrected chi connectivity index (χ3v) is 3.31. The van der Waals surface area contributed by atoms with Gasteiger partial charge in [-0.1, -0.05) is 39.5 Å². The lowest BCUT2D eigenvalue weighted by Gasteiger charge is -2.23. The first-order valence-electron chi connectivity index (χ1n) is 7.33. The Balaban J connectivity index is 2.36. The van der Waals surface area contributed by atoms with Gasteiger partial charge < -0.3 is 4.74 Å². The Morgan fingerprint density at radius 3 is 2.25 bits per heavy atom. The average molecular weight is 281 g/mol. The Kier molecular flexibility index (Phi) is 6.98. The normalized spacial score (nSPS) is 15.8. The molecule has 0 aromatic rings. The van der Waals surface area contributed by atoms with E-state index >= 15 is 0 Å². The van der Waals surface area contributed by atoms with Gasteiger partial charge in [0, 0.05) is 12.2 Å². The number of unbranched alkanes of at least 4 members (excludes halogenated alkanes) is 4. The minimum Gasteiger partial charge on any atom is -0.464 e. The molecule has 1 unspecified atom stereocenters. The molecular weight excluding hydrogens is 258 g/mol. The zero-order chi connectivity index (χ0) is 15.0. The van der Waals surface area contributed by atoms with Crippen molar-refractivity contribution in [3.63, 3.8) is 0 Å². The standard InChI is InChI=1S/C15H23NO4/c1-3-5-6-7-8-11-20-15(19)12(4-2)16-13(17)9-10-14(16)18/h9-10,12H,3-8,11H2,1-2H3. The summed E-state index contributed by atoms with van der Waals surface area (Å²) in [6.45, 7) is 4.25. The fraction of sp³-hybridized carbons (Fsp3) is 0.667. The Labute approximate surface area is 120 Å². The van der Waals surface area contributed by atoms with Crippen LogP contribution in [0.25, 0.3) is 0 Å². The summed E-state index contributed by atoms with van der Waals surface area (Å²) in [6.07, 6.45) is 8.08. The third kappa shape index (κ3) is 4.47. The predicted molar refractivity (Wildman–Crippen MR) is 74.8 cm³/mol. The molecule has 0 aromatic carbocycles. The van der Waals surface area contributed by atoms with Crippen LogP contribution in [0.2, 0.25) is 0 Å². The topological polar surface area (TPSA) is 63.7 Å². The molecule has 1 heterocycles. The molecule has 0 spiro atoms. The van der Waals surface area contributed by atoms with Crippen LogP contribution in [0.15, 0.2) is 12.2 Å². The van der Waals surface area contributed by atoms with Gasteiger partial charge in [0.2, 0.25) is 0 Å². The van der Waals surface area contributed by atoms with Crippen molar-refractivity contribution in [3.05, 3.63) is 12.2 Å². The summed E-state index contributed by atoms with van der Waals surface area (Å²) in [7, 11) is 0. The second-order valence-electron chi connectivity index (χ2n) is 4.89. The lowest BCUT2D eigenvalue weighted by Crippen LogP contribution is -2.45. The first kappa shape index (κ1) is 16.4. The van der Waals surface area contributed by atoms with Gasteiger partial charge in [-0.3, -0.25) is 14.5 Å². The summed E-state index contributed by atoms with van der Waals surface area (Å²) in [5, 5.41) is 0. The first-order valence-corrected chi connectivity index (χ1v) is 7.33. The van der Waals surface area contributed by atoms with E-state index in [-0.39, 0.29) is 0 Å². The van der Waals surface area contributed by atoms with Crippen LogP contribution in [0.4, 0.5) is 0 Å². The quantitative estimate of drug-likeness (QED) is 0.369. The monoisotopic (exact) mass is 281 g/mol. The van der Waals surface area contributed by atoms with Crippen molar-refractivity contribution in [3.8, 4) is 0 Å². The molecule has 0 fully saturated rings. The van der Waals surface area contributed by atoms with E-state index in [0.29, 0.717) is 13.0 Å². The van der Waals surface area contributed by atoms with Crippen LogP contribution in [0.5, 0.6) is 0 Å². The maximum atomic E-state index is 11.9. The van der Waals surface area contributed by atoms with Crippen molar-refractivity contribution in [2.24, 2.45) is 0 Å². The van der Waals surface area contributed by atoms with Crippen molar-refractivity contribution >= 4 is 17.8 Å². The van der Waals surface area contributed by atoms with E-state index in [4.69, 9.17) is 4.74 Å². The number of ether oxygens (including phenoxy) is 1. The van der Waals surface area contributed by atoms with E-state index < -0.39 is 23.8 Å². The molecular formula is C15H23NO4. The molecule has 20 heavy (non-hydrogen) atoms. The van der Waals surface area contributed by atoms with Gasteiger partial charge in [0.1, 0.15) is 6.04 Å². The number of amides is 2. The maximum Gasteiger partial charge on any atom is 0.329 e. The van der Waals surface area contributed by atoms with Crippen LogP contribution in [0.3, 0.4) is 0 Å². The second-order valence-corrected chi connectivity index (χ2v) is 4.89. The third-order valence-electron chi connectivity index (χ3n) is 3.31. The molecule has 0 N–H and O–H groups in total. The molecule has 112 valence electrons. The Bertz CT molecular complexity index is 371. The van der Waals surface area contributed by atoms with Crippen molar-refractivity contribution < 1.29 is 19.1 Å². The molecule has 0 aliphatic carbocycles. The molecule has 5 heteroatoms. The zero-order valence-electron chi connectivity index (χ0n) is 12.3. The lowest BCUT2D eigenvalue weighted by atomic mass is 10.1. The number of nitrogens with zero attached hydrogens (tertiary/aromatic N) is 1. The smallest absolute Gasteiger partial charge is 0.329 e. The van der Waals surface area contributed by atoms with E-state index in [9.17, 15) is 14.4 Å². The highest BCUT2D eigenvalue weighted by Crippen LogP contribution is 2.14. The summed E-state index contributed by atoms with van der Waals surface area (Å²) in [5.41, 5.74) is 0. The van der Waals surface area contributed by atoms with Crippen LogP contribution in [-0.4, -0.2) is 35.3 Å². The Morgan fingerprint density at radius 1 is 1.10 bits per heavy atom. The van der Waals surface area contributed by atoms with Crippen molar-refractivity contribution in [2.75, 3.05) is 6.61 Å². The summed E-state index contributed by atoms with van der Waals surface area (Å²) in [4.78, 5) is 36.0. The molecule has 0 bridgehead atoms. The van der Waals surface area contributed by atoms with Crippen molar-refractivity contribution in [1.82, 2.24) is 4.90 Å². The predicted octanol–water partition coefficient (Wildman–Crippen LogP) is 2.20. The van der Waals surface area contributed by atoms with Crippen LogP contribution in [0, 0.1) is 0 Å². The number of imide groups is 1. The summed E-state index contributed by atoms with van der Waals surface area (Å²) >= 11 is 0. The van der Waals surface area contributed by atoms with Gasteiger partial charge in [0.25, 0.3) is 11.8 Å². The van der Waals surface area contributed by atoms with E-state index in [2.05, 4.69) is 6.92 Å². The average Bonchev–Trinajstić information content (AvgIpc) is 2.76. The van der Waals surface area contributed by atoms with Gasteiger partial charge in [-0.05, 0) is 12.8 Å². The van der Waals surface area contributed by atoms with Crippen molar-refractivity contribution in [1.29, 1.82) is 0 Å². The SMILES string of the molecule is CCCCCCCOC(=O)C(CC)N1C(=O)C=CC1=O. The van der Waals surface area contributed by atoms with Gasteiger partial charge in [-0.25, -0.2) is 4.79 Å². The molecule has 1 atom stereocenters. The Morgan fingerprint density at radius 2 is 1.70 bits per heavy atom. The fourth-order valence-electron chi connectivity index (χ4n) is 2.15. The highest BCUT2D eigenvalue weighted by Gasteiger charge is 2.35. The van der Waals surface area contributed by atoms with Gasteiger partial charge in [0.15, 0.2) is 0 Å². The molecule has 1 aliphatic heterocycles. The number of esters is 1. The molecule has 2 amide bonds. The zero-order valence-corrected chi connectivity index (χ0v) is 12.3. The highest BCUT2D eigenvalue weighted by molar-refractivity contribution is 6.14. The summed E-state index contributed by atoms with van der Waals surface area (Å²) < 4.78 is 5.17. The molecule has 1 rings (SSSR count). The van der Waals surface area contributed by atoms with Crippen molar-refractivity contribution in [2.45, 2.75) is 58.4 Å². The first-order chi connectivity index (χ1) is 9.61. The Hall–Kier alpha value is -1.65. The van der Waals surface area contributed by atoms with Gasteiger partial charge in [-0.2, -0.15) is 0 Å². The lowest BCUT2D eigenvalue weighted by molar-refractivity contribution is -0.157. The maximum absolute atomic E-state index is 11.9. The number of rotatable bonds is 9. The fourth-order valence-corrected chi connectivity index (χ4v) is 2.15. The minimum absolute atomic E-state index is 0.350. The van der Waals surface area contributed by atoms with Crippen LogP contribution in [-0.2, 0) is 19.1 Å². The summed E-state index contributed by atoms with van der Waals surface area (Å²) in [5.74, 6) is -1.38. The molecule has 0 aromatic heterocycles. The van der Waals surface area contributed by atoms with E-state index in [0.717, 1.165) is 24.2 Å². The van der Waals surface area contributed by atoms with Crippen LogP contribution >= 0.6 is 0 Å². The number of carbonyl (C=O) groups excluding carboxylic acids is 3. The molecule has 0 radical (unpaired) electrons. The highest BCUT2D eigenvalue weighted by atomic mass is 16.5. The molecule has 0 saturated heterocycles. The number of carbonyl (C=O) groups is 3.